The van der Waals surface area contributed by atoms with Gasteiger partial charge in [-0.3, -0.25) is 4.79 Å². The molecule has 0 unspecified atom stereocenters. The lowest BCUT2D eigenvalue weighted by Crippen LogP contribution is -2.26. The van der Waals surface area contributed by atoms with Crippen molar-refractivity contribution < 1.29 is 17.7 Å². The third-order valence-corrected chi connectivity index (χ3v) is 6.08. The highest BCUT2D eigenvalue weighted by molar-refractivity contribution is 7.90. The van der Waals surface area contributed by atoms with Crippen LogP contribution in [0, 0.1) is 6.92 Å². The molecule has 1 atom stereocenters. The molecule has 0 saturated carbocycles. The lowest BCUT2D eigenvalue weighted by atomic mass is 10.1. The molecule has 0 aliphatic heterocycles. The first-order chi connectivity index (χ1) is 13.8. The Morgan fingerprint density at radius 2 is 1.79 bits per heavy atom. The summed E-state index contributed by atoms with van der Waals surface area (Å²) in [5, 5.41) is 6.65. The molecule has 2 aromatic carbocycles. The second-order valence-corrected chi connectivity index (χ2v) is 8.87. The number of amides is 1. The molecule has 0 aliphatic rings. The number of nitrogens with one attached hydrogen (secondary N) is 1. The quantitative estimate of drug-likeness (QED) is 0.609. The van der Waals surface area contributed by atoms with Gasteiger partial charge in [0.15, 0.2) is 15.7 Å². The van der Waals surface area contributed by atoms with Gasteiger partial charge < -0.3 is 9.84 Å². The van der Waals surface area contributed by atoms with Crippen molar-refractivity contribution in [3.05, 3.63) is 77.4 Å². The van der Waals surface area contributed by atoms with Crippen molar-refractivity contribution >= 4 is 15.7 Å². The molecule has 1 N–H and O–H groups in total. The van der Waals surface area contributed by atoms with Crippen LogP contribution in [0.4, 0.5) is 0 Å². The fraction of sp³-hybridized carbons (Fsp3) is 0.286. The first kappa shape index (κ1) is 20.7. The number of carbonyl (C=O) groups excluding carboxylic acids is 1. The van der Waals surface area contributed by atoms with Crippen LogP contribution >= 0.6 is 0 Å². The summed E-state index contributed by atoms with van der Waals surface area (Å²) in [6.45, 7) is 3.80. The molecular formula is C21H23N3O4S. The highest BCUT2D eigenvalue weighted by Gasteiger charge is 2.19. The number of nitrogens with zero attached hydrogens (tertiary/aromatic N) is 2. The summed E-state index contributed by atoms with van der Waals surface area (Å²) >= 11 is 0. The van der Waals surface area contributed by atoms with Gasteiger partial charge in [-0.2, -0.15) is 4.98 Å². The zero-order valence-electron chi connectivity index (χ0n) is 16.3. The Kier molecular flexibility index (Phi) is 6.43. The van der Waals surface area contributed by atoms with Crippen LogP contribution in [0.5, 0.6) is 0 Å². The Hall–Kier alpha value is -3.00. The van der Waals surface area contributed by atoms with Crippen LogP contribution in [0.3, 0.4) is 0 Å². The van der Waals surface area contributed by atoms with Gasteiger partial charge in [0, 0.05) is 12.8 Å². The summed E-state index contributed by atoms with van der Waals surface area (Å²) in [6, 6.07) is 16.1. The second-order valence-electron chi connectivity index (χ2n) is 6.88. The minimum Gasteiger partial charge on any atom is -0.350 e. The van der Waals surface area contributed by atoms with Gasteiger partial charge in [-0.05, 0) is 31.5 Å². The largest absolute Gasteiger partial charge is 0.350 e. The number of sulfone groups is 1. The molecule has 29 heavy (non-hydrogen) atoms. The fourth-order valence-electron chi connectivity index (χ4n) is 2.81. The molecule has 8 heteroatoms. The van der Waals surface area contributed by atoms with Crippen molar-refractivity contribution in [1.29, 1.82) is 0 Å². The van der Waals surface area contributed by atoms with E-state index in [0.29, 0.717) is 0 Å². The van der Waals surface area contributed by atoms with E-state index in [1.165, 1.54) is 0 Å². The number of aromatic nitrogens is 2. The summed E-state index contributed by atoms with van der Waals surface area (Å²) in [5.41, 5.74) is 1.99. The van der Waals surface area contributed by atoms with Crippen molar-refractivity contribution in [2.24, 2.45) is 0 Å². The molecule has 0 saturated heterocycles. The molecule has 3 aromatic rings. The Bertz CT molecular complexity index is 1060. The van der Waals surface area contributed by atoms with Gasteiger partial charge >= 0.3 is 0 Å². The van der Waals surface area contributed by atoms with Gasteiger partial charge in [-0.1, -0.05) is 53.2 Å². The maximum Gasteiger partial charge on any atom is 0.227 e. The van der Waals surface area contributed by atoms with Crippen molar-refractivity contribution in [2.45, 2.75) is 43.4 Å². The number of hydrogen-bond donors (Lipinski definition) is 1. The number of hydrogen-bond acceptors (Lipinski definition) is 6. The van der Waals surface area contributed by atoms with E-state index in [0.717, 1.165) is 11.1 Å². The Balaban J connectivity index is 1.53. The molecule has 0 spiro atoms. The third kappa shape index (κ3) is 5.74. The molecule has 0 aliphatic carbocycles. The van der Waals surface area contributed by atoms with Gasteiger partial charge in [-0.25, -0.2) is 8.42 Å². The van der Waals surface area contributed by atoms with Crippen LogP contribution in [-0.2, 0) is 26.8 Å². The average molecular weight is 413 g/mol. The summed E-state index contributed by atoms with van der Waals surface area (Å²) in [4.78, 5) is 16.5. The molecule has 1 amide bonds. The maximum atomic E-state index is 12.5. The van der Waals surface area contributed by atoms with E-state index in [-0.39, 0.29) is 47.2 Å². The van der Waals surface area contributed by atoms with Crippen LogP contribution < -0.4 is 5.32 Å². The van der Waals surface area contributed by atoms with E-state index in [1.807, 2.05) is 44.2 Å². The van der Waals surface area contributed by atoms with Gasteiger partial charge in [0.05, 0.1) is 10.9 Å². The summed E-state index contributed by atoms with van der Waals surface area (Å²) in [5.74, 6) is -0.176. The lowest BCUT2D eigenvalue weighted by molar-refractivity contribution is -0.121. The molecule has 0 radical (unpaired) electrons. The Morgan fingerprint density at radius 1 is 1.10 bits per heavy atom. The summed E-state index contributed by atoms with van der Waals surface area (Å²) in [6.07, 6.45) is 0.411. The summed E-state index contributed by atoms with van der Waals surface area (Å²) < 4.78 is 30.0. The molecule has 1 heterocycles. The van der Waals surface area contributed by atoms with E-state index in [1.54, 1.807) is 24.3 Å². The van der Waals surface area contributed by atoms with Gasteiger partial charge in [0.1, 0.15) is 5.75 Å². The number of rotatable bonds is 8. The van der Waals surface area contributed by atoms with E-state index >= 15 is 0 Å². The molecule has 152 valence electrons. The molecule has 7 nitrogen and oxygen atoms in total. The van der Waals surface area contributed by atoms with Crippen LogP contribution in [0.2, 0.25) is 0 Å². The second kappa shape index (κ2) is 9.00. The molecule has 0 bridgehead atoms. The zero-order valence-corrected chi connectivity index (χ0v) is 17.1. The third-order valence-electron chi connectivity index (χ3n) is 4.45. The predicted molar refractivity (Wildman–Crippen MR) is 108 cm³/mol. The van der Waals surface area contributed by atoms with Crippen molar-refractivity contribution in [3.8, 4) is 0 Å². The van der Waals surface area contributed by atoms with Crippen LogP contribution in [0.1, 0.15) is 42.2 Å². The first-order valence-corrected chi connectivity index (χ1v) is 10.9. The van der Waals surface area contributed by atoms with Crippen LogP contribution in [0.15, 0.2) is 64.0 Å². The van der Waals surface area contributed by atoms with Crippen molar-refractivity contribution in [1.82, 2.24) is 15.5 Å². The van der Waals surface area contributed by atoms with E-state index in [9.17, 15) is 13.2 Å². The zero-order chi connectivity index (χ0) is 20.9. The van der Waals surface area contributed by atoms with E-state index in [2.05, 4.69) is 15.5 Å². The SMILES string of the molecule is Cc1ccc(S(=O)(=O)Cc2noc(CCC(=O)N[C@@H](C)c3ccccc3)n2)cc1. The monoisotopic (exact) mass is 413 g/mol. The fourth-order valence-corrected chi connectivity index (χ4v) is 3.98. The molecule has 3 rings (SSSR count). The average Bonchev–Trinajstić information content (AvgIpc) is 3.14. The number of benzene rings is 2. The topological polar surface area (TPSA) is 102 Å². The Morgan fingerprint density at radius 3 is 2.48 bits per heavy atom. The smallest absolute Gasteiger partial charge is 0.227 e. The molecular weight excluding hydrogens is 390 g/mol. The van der Waals surface area contributed by atoms with Gasteiger partial charge in [0.2, 0.25) is 11.8 Å². The van der Waals surface area contributed by atoms with Crippen molar-refractivity contribution in [3.63, 3.8) is 0 Å². The highest BCUT2D eigenvalue weighted by atomic mass is 32.2. The van der Waals surface area contributed by atoms with Crippen LogP contribution in [-0.4, -0.2) is 24.5 Å². The number of carbonyl (C=O) groups is 1. The standard InChI is InChI=1S/C21H23N3O4S/c1-15-8-10-18(11-9-15)29(26,27)14-19-23-21(28-24-19)13-12-20(25)22-16(2)17-6-4-3-5-7-17/h3-11,16H,12-14H2,1-2H3,(H,22,25)/t16-/m0/s1. The molecule has 0 fully saturated rings. The molecule has 1 aromatic heterocycles. The maximum absolute atomic E-state index is 12.5. The van der Waals surface area contributed by atoms with Crippen LogP contribution in [0.25, 0.3) is 0 Å². The minimum atomic E-state index is -3.56. The normalized spacial score (nSPS) is 12.5. The van der Waals surface area contributed by atoms with E-state index < -0.39 is 9.84 Å². The summed E-state index contributed by atoms with van der Waals surface area (Å²) in [7, 11) is -3.56. The first-order valence-electron chi connectivity index (χ1n) is 9.29. The van der Waals surface area contributed by atoms with E-state index in [4.69, 9.17) is 4.52 Å². The Labute approximate surface area is 170 Å². The van der Waals surface area contributed by atoms with Crippen molar-refractivity contribution in [2.75, 3.05) is 0 Å². The van der Waals surface area contributed by atoms with Gasteiger partial charge in [0.25, 0.3) is 0 Å². The highest BCUT2D eigenvalue weighted by Crippen LogP contribution is 2.16. The van der Waals surface area contributed by atoms with Gasteiger partial charge in [-0.15, -0.1) is 0 Å². The minimum absolute atomic E-state index is 0.0821. The lowest BCUT2D eigenvalue weighted by Gasteiger charge is -2.13. The predicted octanol–water partition coefficient (Wildman–Crippen LogP) is 3.16. The number of aryl methyl sites for hydroxylation is 2.